The van der Waals surface area contributed by atoms with Gasteiger partial charge in [-0.25, -0.2) is 0 Å². The van der Waals surface area contributed by atoms with Crippen LogP contribution in [-0.2, 0) is 18.4 Å². The third-order valence-corrected chi connectivity index (χ3v) is 3.11. The first-order valence-corrected chi connectivity index (χ1v) is 6.44. The molecule has 0 atom stereocenters. The normalized spacial score (nSPS) is 10.5. The maximum Gasteiger partial charge on any atom is 0.336 e. The lowest BCUT2D eigenvalue weighted by Crippen LogP contribution is -2.29. The van der Waals surface area contributed by atoms with Gasteiger partial charge >= 0.3 is 11.2 Å². The Morgan fingerprint density at radius 1 is 1.45 bits per heavy atom. The van der Waals surface area contributed by atoms with Crippen molar-refractivity contribution < 1.29 is 9.72 Å². The number of amides is 1. The van der Waals surface area contributed by atoms with Crippen LogP contribution >= 0.6 is 0 Å². The fourth-order valence-electron chi connectivity index (χ4n) is 2.06. The van der Waals surface area contributed by atoms with E-state index in [4.69, 9.17) is 0 Å². The van der Waals surface area contributed by atoms with Gasteiger partial charge in [-0.15, -0.1) is 0 Å². The van der Waals surface area contributed by atoms with E-state index >= 15 is 0 Å². The second-order valence-electron chi connectivity index (χ2n) is 4.88. The molecule has 116 valence electrons. The predicted octanol–water partition coefficient (Wildman–Crippen LogP) is 0.746. The van der Waals surface area contributed by atoms with Crippen LogP contribution in [0.4, 0.5) is 11.5 Å². The third-order valence-electron chi connectivity index (χ3n) is 3.11. The molecule has 9 heteroatoms. The maximum absolute atomic E-state index is 12.0. The standard InChI is InChI=1S/C13H15N5O4/c1-8-4-5-17(13(20)12(8)18(21)22)7-11(19)14-10-6-9(2)15-16(10)3/h4-6H,7H2,1-3H3,(H,14,19). The minimum absolute atomic E-state index is 0.258. The van der Waals surface area contributed by atoms with Crippen LogP contribution in [0.15, 0.2) is 23.1 Å². The number of nitro groups is 1. The van der Waals surface area contributed by atoms with E-state index in [1.165, 1.54) is 23.9 Å². The second-order valence-corrected chi connectivity index (χ2v) is 4.88. The van der Waals surface area contributed by atoms with Crippen molar-refractivity contribution in [1.29, 1.82) is 0 Å². The Morgan fingerprint density at radius 3 is 2.68 bits per heavy atom. The van der Waals surface area contributed by atoms with Crippen molar-refractivity contribution in [1.82, 2.24) is 14.3 Å². The highest BCUT2D eigenvalue weighted by Gasteiger charge is 2.19. The zero-order valence-corrected chi connectivity index (χ0v) is 12.4. The highest BCUT2D eigenvalue weighted by molar-refractivity contribution is 5.89. The lowest BCUT2D eigenvalue weighted by atomic mass is 10.2. The van der Waals surface area contributed by atoms with Crippen molar-refractivity contribution in [2.75, 3.05) is 5.32 Å². The van der Waals surface area contributed by atoms with E-state index in [9.17, 15) is 19.7 Å². The Bertz CT molecular complexity index is 805. The Kier molecular flexibility index (Phi) is 4.06. The molecule has 0 spiro atoms. The van der Waals surface area contributed by atoms with E-state index in [0.717, 1.165) is 10.3 Å². The molecule has 2 rings (SSSR count). The van der Waals surface area contributed by atoms with Crippen LogP contribution in [0.25, 0.3) is 0 Å². The number of nitrogens with one attached hydrogen (secondary N) is 1. The summed E-state index contributed by atoms with van der Waals surface area (Å²) < 4.78 is 2.50. The summed E-state index contributed by atoms with van der Waals surface area (Å²) in [6.45, 7) is 2.94. The average molecular weight is 305 g/mol. The van der Waals surface area contributed by atoms with Crippen LogP contribution in [0.2, 0.25) is 0 Å². The minimum Gasteiger partial charge on any atom is -0.309 e. The van der Waals surface area contributed by atoms with Crippen LogP contribution in [0.1, 0.15) is 11.3 Å². The molecule has 1 amide bonds. The topological polar surface area (TPSA) is 112 Å². The molecule has 9 nitrogen and oxygen atoms in total. The van der Waals surface area contributed by atoms with Crippen LogP contribution in [0, 0.1) is 24.0 Å². The molecule has 0 aromatic carbocycles. The van der Waals surface area contributed by atoms with Gasteiger partial charge in [-0.2, -0.15) is 5.10 Å². The first kappa shape index (κ1) is 15.4. The van der Waals surface area contributed by atoms with E-state index in [2.05, 4.69) is 10.4 Å². The van der Waals surface area contributed by atoms with Crippen molar-refractivity contribution in [3.05, 3.63) is 50.1 Å². The van der Waals surface area contributed by atoms with E-state index in [1.54, 1.807) is 20.0 Å². The molecule has 0 aliphatic heterocycles. The van der Waals surface area contributed by atoms with E-state index < -0.39 is 22.1 Å². The van der Waals surface area contributed by atoms with Gasteiger partial charge in [0.1, 0.15) is 12.4 Å². The summed E-state index contributed by atoms with van der Waals surface area (Å²) in [5.74, 6) is 0.0143. The van der Waals surface area contributed by atoms with Crippen LogP contribution in [0.3, 0.4) is 0 Å². The lowest BCUT2D eigenvalue weighted by molar-refractivity contribution is -0.387. The average Bonchev–Trinajstić information content (AvgIpc) is 2.71. The highest BCUT2D eigenvalue weighted by Crippen LogP contribution is 2.11. The number of aromatic nitrogens is 3. The van der Waals surface area contributed by atoms with Gasteiger partial charge in [0.15, 0.2) is 0 Å². The highest BCUT2D eigenvalue weighted by atomic mass is 16.6. The molecule has 1 N–H and O–H groups in total. The van der Waals surface area contributed by atoms with E-state index in [-0.39, 0.29) is 12.1 Å². The molecule has 2 aromatic rings. The monoisotopic (exact) mass is 305 g/mol. The van der Waals surface area contributed by atoms with Crippen LogP contribution in [-0.4, -0.2) is 25.2 Å². The summed E-state index contributed by atoms with van der Waals surface area (Å²) >= 11 is 0. The number of hydrogen-bond donors (Lipinski definition) is 1. The number of rotatable bonds is 4. The third kappa shape index (κ3) is 3.03. The van der Waals surface area contributed by atoms with Crippen molar-refractivity contribution in [3.63, 3.8) is 0 Å². The molecule has 0 fully saturated rings. The zero-order valence-electron chi connectivity index (χ0n) is 12.4. The number of anilines is 1. The van der Waals surface area contributed by atoms with Crippen molar-refractivity contribution in [3.8, 4) is 0 Å². The molecule has 0 saturated carbocycles. The lowest BCUT2D eigenvalue weighted by Gasteiger charge is -2.08. The maximum atomic E-state index is 12.0. The van der Waals surface area contributed by atoms with Gasteiger partial charge in [0.25, 0.3) is 0 Å². The number of pyridine rings is 1. The summed E-state index contributed by atoms with van der Waals surface area (Å²) in [7, 11) is 1.67. The molecule has 0 unspecified atom stereocenters. The SMILES string of the molecule is Cc1cc(NC(=O)Cn2ccc(C)c([N+](=O)[O-])c2=O)n(C)n1. The molecule has 22 heavy (non-hydrogen) atoms. The van der Waals surface area contributed by atoms with Crippen LogP contribution < -0.4 is 10.9 Å². The van der Waals surface area contributed by atoms with Crippen molar-refractivity contribution in [2.45, 2.75) is 20.4 Å². The summed E-state index contributed by atoms with van der Waals surface area (Å²) in [5, 5.41) is 17.6. The fourth-order valence-corrected chi connectivity index (χ4v) is 2.06. The summed E-state index contributed by atoms with van der Waals surface area (Å²) in [6, 6.07) is 3.11. The Labute approximate surface area is 125 Å². The molecule has 0 aliphatic carbocycles. The summed E-state index contributed by atoms with van der Waals surface area (Å²) in [5.41, 5.74) is -0.331. The molecule has 2 heterocycles. The quantitative estimate of drug-likeness (QED) is 0.661. The van der Waals surface area contributed by atoms with Crippen molar-refractivity contribution >= 4 is 17.4 Å². The van der Waals surface area contributed by atoms with Gasteiger partial charge in [0.2, 0.25) is 5.91 Å². The smallest absolute Gasteiger partial charge is 0.309 e. The van der Waals surface area contributed by atoms with Crippen LogP contribution in [0.5, 0.6) is 0 Å². The minimum atomic E-state index is -0.804. The van der Waals surface area contributed by atoms with Gasteiger partial charge in [-0.05, 0) is 19.9 Å². The summed E-state index contributed by atoms with van der Waals surface area (Å²) in [6.07, 6.45) is 1.36. The number of nitrogens with zero attached hydrogens (tertiary/aromatic N) is 4. The second kappa shape index (κ2) is 5.80. The summed E-state index contributed by atoms with van der Waals surface area (Å²) in [4.78, 5) is 34.2. The largest absolute Gasteiger partial charge is 0.336 e. The van der Waals surface area contributed by atoms with Gasteiger partial charge in [0, 0.05) is 24.9 Å². The first-order valence-electron chi connectivity index (χ1n) is 6.44. The zero-order chi connectivity index (χ0) is 16.4. The molecule has 2 aromatic heterocycles. The first-order chi connectivity index (χ1) is 10.3. The van der Waals surface area contributed by atoms with Gasteiger partial charge in [0.05, 0.1) is 10.6 Å². The molecule has 0 bridgehead atoms. The Hall–Kier alpha value is -2.97. The van der Waals surface area contributed by atoms with Gasteiger partial charge in [-0.3, -0.25) is 24.4 Å². The Balaban J connectivity index is 2.22. The van der Waals surface area contributed by atoms with E-state index in [0.29, 0.717) is 5.82 Å². The number of carbonyl (C=O) groups is 1. The molecule has 0 aliphatic rings. The fraction of sp³-hybridized carbons (Fsp3) is 0.308. The Morgan fingerprint density at radius 2 is 2.14 bits per heavy atom. The number of carbonyl (C=O) groups excluding carboxylic acids is 1. The van der Waals surface area contributed by atoms with Gasteiger partial charge in [-0.1, -0.05) is 0 Å². The molecular weight excluding hydrogens is 290 g/mol. The molecular formula is C13H15N5O4. The molecule has 0 radical (unpaired) electrons. The van der Waals surface area contributed by atoms with Gasteiger partial charge < -0.3 is 9.88 Å². The predicted molar refractivity (Wildman–Crippen MR) is 78.7 cm³/mol. The molecule has 0 saturated heterocycles. The number of hydrogen-bond acceptors (Lipinski definition) is 5. The van der Waals surface area contributed by atoms with E-state index in [1.807, 2.05) is 0 Å². The van der Waals surface area contributed by atoms with Crippen molar-refractivity contribution in [2.24, 2.45) is 7.05 Å². The number of aryl methyl sites for hydroxylation is 3.